The van der Waals surface area contributed by atoms with E-state index < -0.39 is 0 Å². The zero-order chi connectivity index (χ0) is 27.6. The predicted molar refractivity (Wildman–Crippen MR) is 161 cm³/mol. The van der Waals surface area contributed by atoms with Crippen LogP contribution in [-0.2, 0) is 11.3 Å². The summed E-state index contributed by atoms with van der Waals surface area (Å²) in [5, 5.41) is 24.0. The third-order valence-electron chi connectivity index (χ3n) is 6.40. The maximum absolute atomic E-state index is 9.21. The van der Waals surface area contributed by atoms with E-state index in [4.69, 9.17) is 20.1 Å². The summed E-state index contributed by atoms with van der Waals surface area (Å²) in [5.74, 6) is 1.48. The fourth-order valence-corrected chi connectivity index (χ4v) is 5.31. The van der Waals surface area contributed by atoms with Crippen LogP contribution in [0.1, 0.15) is 24.0 Å². The van der Waals surface area contributed by atoms with Gasteiger partial charge in [-0.3, -0.25) is 14.9 Å². The number of hydrogen-bond donors (Lipinski definition) is 3. The molecule has 4 aromatic rings. The molecule has 0 spiro atoms. The molecule has 0 radical (unpaired) electrons. The normalized spacial score (nSPS) is 13.9. The Labute approximate surface area is 237 Å². The highest BCUT2D eigenvalue weighted by atomic mass is 32.1. The van der Waals surface area contributed by atoms with Crippen LogP contribution in [0.5, 0.6) is 0 Å². The number of hydrogen-bond acceptors (Lipinski definition) is 11. The molecule has 1 aliphatic rings. The Hall–Kier alpha value is -4.24. The van der Waals surface area contributed by atoms with Crippen molar-refractivity contribution in [2.75, 3.05) is 50.0 Å². The Bertz CT molecular complexity index is 1520. The summed E-state index contributed by atoms with van der Waals surface area (Å²) in [5.41, 5.74) is 4.31. The van der Waals surface area contributed by atoms with E-state index in [0.717, 1.165) is 83.7 Å². The highest BCUT2D eigenvalue weighted by Crippen LogP contribution is 2.32. The van der Waals surface area contributed by atoms with Crippen molar-refractivity contribution in [3.8, 4) is 17.2 Å². The van der Waals surface area contributed by atoms with Crippen LogP contribution < -0.4 is 10.6 Å². The van der Waals surface area contributed by atoms with Crippen molar-refractivity contribution >= 4 is 50.7 Å². The zero-order valence-corrected chi connectivity index (χ0v) is 23.0. The van der Waals surface area contributed by atoms with Crippen LogP contribution in [0.2, 0.25) is 0 Å². The van der Waals surface area contributed by atoms with Crippen molar-refractivity contribution in [1.29, 1.82) is 10.7 Å². The van der Waals surface area contributed by atoms with Gasteiger partial charge in [-0.25, -0.2) is 9.97 Å². The topological polar surface area (TPSA) is 135 Å². The van der Waals surface area contributed by atoms with Crippen LogP contribution in [0, 0.1) is 16.7 Å². The molecule has 11 heteroatoms. The van der Waals surface area contributed by atoms with Gasteiger partial charge in [0.2, 0.25) is 0 Å². The lowest BCUT2D eigenvalue weighted by Gasteiger charge is -2.26. The number of aromatic nitrogens is 3. The van der Waals surface area contributed by atoms with Gasteiger partial charge in [0, 0.05) is 56.4 Å². The highest BCUT2D eigenvalue weighted by Gasteiger charge is 2.11. The number of nitrogens with zero attached hydrogens (tertiary/aromatic N) is 6. The Morgan fingerprint density at radius 2 is 1.98 bits per heavy atom. The molecule has 1 aromatic carbocycles. The summed E-state index contributed by atoms with van der Waals surface area (Å²) in [6, 6.07) is 14.0. The van der Waals surface area contributed by atoms with Crippen molar-refractivity contribution in [3.63, 3.8) is 0 Å². The van der Waals surface area contributed by atoms with Gasteiger partial charge in [0.25, 0.3) is 0 Å². The van der Waals surface area contributed by atoms with E-state index >= 15 is 0 Å². The van der Waals surface area contributed by atoms with Crippen LogP contribution in [-0.4, -0.2) is 71.7 Å². The minimum absolute atomic E-state index is 0.506. The van der Waals surface area contributed by atoms with Gasteiger partial charge in [-0.2, -0.15) is 5.26 Å². The number of aliphatic imine (C=N–C) groups is 1. The maximum atomic E-state index is 9.21. The number of benzene rings is 1. The van der Waals surface area contributed by atoms with Crippen molar-refractivity contribution in [2.24, 2.45) is 4.99 Å². The number of morpholine rings is 1. The number of pyridine rings is 2. The minimum atomic E-state index is 0.506. The Morgan fingerprint density at radius 3 is 2.83 bits per heavy atom. The number of thiazole rings is 1. The van der Waals surface area contributed by atoms with E-state index in [2.05, 4.69) is 37.6 Å². The molecule has 4 heterocycles. The highest BCUT2D eigenvalue weighted by molar-refractivity contribution is 7.22. The lowest BCUT2D eigenvalue weighted by molar-refractivity contribution is 0.0378. The number of anilines is 3. The van der Waals surface area contributed by atoms with Gasteiger partial charge in [-0.05, 0) is 54.4 Å². The van der Waals surface area contributed by atoms with Gasteiger partial charge in [0.15, 0.2) is 5.13 Å². The van der Waals surface area contributed by atoms with Crippen LogP contribution in [0.25, 0.3) is 21.3 Å². The first-order chi connectivity index (χ1) is 19.7. The van der Waals surface area contributed by atoms with Crippen molar-refractivity contribution in [2.45, 2.75) is 19.4 Å². The fourth-order valence-electron chi connectivity index (χ4n) is 4.40. The van der Waals surface area contributed by atoms with E-state index in [1.165, 1.54) is 6.21 Å². The van der Waals surface area contributed by atoms with Crippen LogP contribution in [0.4, 0.5) is 16.8 Å². The van der Waals surface area contributed by atoms with Crippen LogP contribution in [0.3, 0.4) is 0 Å². The molecule has 0 amide bonds. The van der Waals surface area contributed by atoms with Gasteiger partial charge >= 0.3 is 0 Å². The Balaban J connectivity index is 1.30. The first kappa shape index (κ1) is 27.3. The zero-order valence-electron chi connectivity index (χ0n) is 22.1. The number of fused-ring (bicyclic) bond motifs is 1. The molecule has 5 rings (SSSR count). The number of nitriles is 1. The molecule has 0 bridgehead atoms. The van der Waals surface area contributed by atoms with E-state index in [1.54, 1.807) is 29.9 Å². The molecule has 10 nitrogen and oxygen atoms in total. The first-order valence-corrected chi connectivity index (χ1v) is 14.1. The lowest BCUT2D eigenvalue weighted by Crippen LogP contribution is -2.37. The van der Waals surface area contributed by atoms with E-state index in [1.807, 2.05) is 30.3 Å². The summed E-state index contributed by atoms with van der Waals surface area (Å²) < 4.78 is 6.46. The molecule has 0 atom stereocenters. The predicted octanol–water partition coefficient (Wildman–Crippen LogP) is 5.11. The maximum Gasteiger partial charge on any atom is 0.189 e. The Morgan fingerprint density at radius 1 is 1.10 bits per heavy atom. The molecule has 0 aliphatic carbocycles. The van der Waals surface area contributed by atoms with Gasteiger partial charge in [-0.15, -0.1) is 0 Å². The molecule has 40 heavy (non-hydrogen) atoms. The Kier molecular flexibility index (Phi) is 9.37. The molecule has 1 fully saturated rings. The number of ether oxygens (including phenoxy) is 1. The molecule has 0 saturated carbocycles. The summed E-state index contributed by atoms with van der Waals surface area (Å²) in [6.07, 6.45) is 7.94. The SMILES string of the molecule is N#Cc1cncc(-c2ccc3nc(Nc4cc(CN=CCC=N)cc(NCCCN5CCOCC5)n4)sc3c2)c1. The van der Waals surface area contributed by atoms with Gasteiger partial charge in [0.05, 0.1) is 35.5 Å². The largest absolute Gasteiger partial charge is 0.379 e. The van der Waals surface area contributed by atoms with Crippen LogP contribution >= 0.6 is 11.3 Å². The fraction of sp³-hybridized carbons (Fsp3) is 0.310. The monoisotopic (exact) mass is 553 g/mol. The molecule has 3 N–H and O–H groups in total. The van der Waals surface area contributed by atoms with Crippen molar-refractivity contribution < 1.29 is 4.74 Å². The third-order valence-corrected chi connectivity index (χ3v) is 7.33. The van der Waals surface area contributed by atoms with Gasteiger partial charge < -0.3 is 20.8 Å². The van der Waals surface area contributed by atoms with E-state index in [-0.39, 0.29) is 0 Å². The molecule has 1 aliphatic heterocycles. The molecular formula is C29H31N9OS. The second-order valence-corrected chi connectivity index (χ2v) is 10.4. The quantitative estimate of drug-likeness (QED) is 0.163. The van der Waals surface area contributed by atoms with Gasteiger partial charge in [-0.1, -0.05) is 17.4 Å². The summed E-state index contributed by atoms with van der Waals surface area (Å²) >= 11 is 1.55. The smallest absolute Gasteiger partial charge is 0.189 e. The van der Waals surface area contributed by atoms with Gasteiger partial charge in [0.1, 0.15) is 17.7 Å². The van der Waals surface area contributed by atoms with Crippen molar-refractivity contribution in [1.82, 2.24) is 19.9 Å². The standard InChI is InChI=1S/C29H31N9OS/c30-5-1-6-32-18-21-14-27(34-7-2-8-38-9-11-39-12-10-38)36-28(15-21)37-29-35-25-4-3-23(16-26(25)40-29)24-13-22(17-31)19-33-20-24/h3-6,13-16,19-20,30H,1-2,7-12,18H2,(H2,34,35,36,37). The second-order valence-electron chi connectivity index (χ2n) is 9.34. The number of nitrogens with one attached hydrogen (secondary N) is 3. The van der Waals surface area contributed by atoms with E-state index in [0.29, 0.717) is 24.3 Å². The van der Waals surface area contributed by atoms with Crippen LogP contribution in [0.15, 0.2) is 53.8 Å². The molecule has 3 aromatic heterocycles. The van der Waals surface area contributed by atoms with Crippen molar-refractivity contribution in [3.05, 3.63) is 59.9 Å². The van der Waals surface area contributed by atoms with E-state index in [9.17, 15) is 5.26 Å². The first-order valence-electron chi connectivity index (χ1n) is 13.3. The second kappa shape index (κ2) is 13.7. The average Bonchev–Trinajstić information content (AvgIpc) is 3.39. The molecule has 204 valence electrons. The summed E-state index contributed by atoms with van der Waals surface area (Å²) in [7, 11) is 0. The minimum Gasteiger partial charge on any atom is -0.379 e. The average molecular weight is 554 g/mol. The third kappa shape index (κ3) is 7.45. The molecule has 1 saturated heterocycles. The lowest BCUT2D eigenvalue weighted by atomic mass is 10.1. The molecular weight excluding hydrogens is 522 g/mol. The molecule has 0 unspecified atom stereocenters. The summed E-state index contributed by atoms with van der Waals surface area (Å²) in [6.45, 7) is 5.94. The number of rotatable bonds is 12. The summed E-state index contributed by atoms with van der Waals surface area (Å²) in [4.78, 5) is 20.6.